The zero-order chi connectivity index (χ0) is 33.7. The first kappa shape index (κ1) is 32.7. The Labute approximate surface area is 288 Å². The molecule has 3 aliphatic rings. The van der Waals surface area contributed by atoms with Crippen LogP contribution in [0.15, 0.2) is 103 Å². The van der Waals surface area contributed by atoms with Crippen LogP contribution in [0.2, 0.25) is 0 Å². The Bertz CT molecular complexity index is 1820. The first-order valence-electron chi connectivity index (χ1n) is 17.4. The Morgan fingerprint density at radius 1 is 0.755 bits per heavy atom. The van der Waals surface area contributed by atoms with E-state index in [0.717, 1.165) is 42.6 Å². The number of hydrogen-bond acceptors (Lipinski definition) is 6. The van der Waals surface area contributed by atoms with Crippen molar-refractivity contribution in [3.8, 4) is 17.2 Å². The van der Waals surface area contributed by atoms with Crippen molar-refractivity contribution < 1.29 is 28.9 Å². The van der Waals surface area contributed by atoms with E-state index in [0.29, 0.717) is 68.8 Å². The molecule has 2 aliphatic carbocycles. The van der Waals surface area contributed by atoms with Crippen LogP contribution in [0.1, 0.15) is 82.1 Å². The van der Waals surface area contributed by atoms with E-state index in [2.05, 4.69) is 55.1 Å². The number of fused-ring (bicyclic) bond motifs is 2. The molecule has 1 fully saturated rings. The third kappa shape index (κ3) is 7.27. The predicted octanol–water partition coefficient (Wildman–Crippen LogP) is 7.75. The van der Waals surface area contributed by atoms with Gasteiger partial charge in [-0.15, -0.1) is 0 Å². The number of amides is 1. The van der Waals surface area contributed by atoms with Crippen molar-refractivity contribution in [1.29, 1.82) is 0 Å². The van der Waals surface area contributed by atoms with E-state index in [9.17, 15) is 14.7 Å². The minimum absolute atomic E-state index is 0.0763. The number of ether oxygens (including phenoxy) is 3. The van der Waals surface area contributed by atoms with Crippen molar-refractivity contribution in [2.45, 2.75) is 62.9 Å². The second kappa shape index (κ2) is 14.7. The van der Waals surface area contributed by atoms with Gasteiger partial charge >= 0.3 is 0 Å². The van der Waals surface area contributed by atoms with Gasteiger partial charge in [0.2, 0.25) is 0 Å². The number of Topliss-reactive ketones (excluding diaryl/α,β-unsaturated/α-hetero) is 1. The van der Waals surface area contributed by atoms with E-state index in [1.165, 1.54) is 22.3 Å². The molecule has 0 aromatic heterocycles. The van der Waals surface area contributed by atoms with E-state index < -0.39 is 0 Å². The fourth-order valence-corrected chi connectivity index (χ4v) is 7.67. The Hall–Kier alpha value is -4.88. The van der Waals surface area contributed by atoms with Crippen LogP contribution in [0.25, 0.3) is 0 Å². The molecular weight excluding hydrogens is 614 g/mol. The van der Waals surface area contributed by atoms with Gasteiger partial charge < -0.3 is 24.2 Å². The maximum Gasteiger partial charge on any atom is 0.255 e. The highest BCUT2D eigenvalue weighted by Gasteiger charge is 2.38. The number of nitrogens with zero attached hydrogens (tertiary/aromatic N) is 1. The van der Waals surface area contributed by atoms with E-state index in [1.807, 2.05) is 30.3 Å². The van der Waals surface area contributed by atoms with Gasteiger partial charge in [-0.25, -0.2) is 0 Å². The maximum absolute atomic E-state index is 13.0. The summed E-state index contributed by atoms with van der Waals surface area (Å²) in [5.74, 6) is 2.41. The van der Waals surface area contributed by atoms with Gasteiger partial charge in [0.15, 0.2) is 5.78 Å². The third-order valence-corrected chi connectivity index (χ3v) is 10.1. The molecule has 0 saturated heterocycles. The Morgan fingerprint density at radius 3 is 2.37 bits per heavy atom. The summed E-state index contributed by atoms with van der Waals surface area (Å²) < 4.78 is 17.7. The van der Waals surface area contributed by atoms with Crippen molar-refractivity contribution in [3.63, 3.8) is 0 Å². The first-order chi connectivity index (χ1) is 23.9. The molecule has 0 unspecified atom stereocenters. The molecule has 0 spiro atoms. The van der Waals surface area contributed by atoms with Crippen molar-refractivity contribution in [2.24, 2.45) is 0 Å². The molecule has 7 nitrogen and oxygen atoms in total. The lowest BCUT2D eigenvalue weighted by atomic mass is 9.69. The molecule has 49 heavy (non-hydrogen) atoms. The fraction of sp³-hybridized carbons (Fsp3) is 0.333. The van der Waals surface area contributed by atoms with E-state index in [4.69, 9.17) is 14.2 Å². The van der Waals surface area contributed by atoms with Crippen molar-refractivity contribution in [1.82, 2.24) is 4.90 Å². The lowest BCUT2D eigenvalue weighted by Gasteiger charge is -2.34. The van der Waals surface area contributed by atoms with Gasteiger partial charge in [-0.1, -0.05) is 60.7 Å². The second-order valence-corrected chi connectivity index (χ2v) is 13.3. The van der Waals surface area contributed by atoms with Gasteiger partial charge in [0.1, 0.15) is 23.9 Å². The Balaban J connectivity index is 0.851. The van der Waals surface area contributed by atoms with Crippen LogP contribution < -0.4 is 9.47 Å². The number of aromatic hydroxyl groups is 1. The molecule has 4 aromatic rings. The van der Waals surface area contributed by atoms with Crippen molar-refractivity contribution >= 4 is 11.7 Å². The summed E-state index contributed by atoms with van der Waals surface area (Å²) in [6.07, 6.45) is 4.49. The number of aryl methyl sites for hydroxylation is 1. The molecule has 1 N–H and O–H groups in total. The highest BCUT2D eigenvalue weighted by atomic mass is 16.5. The van der Waals surface area contributed by atoms with Crippen LogP contribution in [-0.4, -0.2) is 54.2 Å². The molecule has 0 radical (unpaired) electrons. The van der Waals surface area contributed by atoms with Gasteiger partial charge in [-0.3, -0.25) is 9.59 Å². The number of ketones is 1. The molecule has 1 amide bonds. The van der Waals surface area contributed by atoms with Crippen LogP contribution in [0, 0.1) is 0 Å². The molecule has 3 atom stereocenters. The van der Waals surface area contributed by atoms with Crippen LogP contribution in [0.5, 0.6) is 17.2 Å². The quantitative estimate of drug-likeness (QED) is 0.124. The lowest BCUT2D eigenvalue weighted by molar-refractivity contribution is -0.124. The fourth-order valence-electron chi connectivity index (χ4n) is 7.67. The number of rotatable bonds is 12. The maximum atomic E-state index is 13.0. The standard InChI is InChI=1S/C42H43NO6/c1-28-8-19-39(40(45)24-28)43-27-32-26-35(15-18-38(32)42(43)46)48-21-5-20-47-22-23-49-34-13-9-30(10-14-34)41-36(29-6-3-2-4-7-29)16-11-31-25-33(44)12-17-37(31)41/h2-4,6-7,9-10,12-15,17-18,25-26,36,39,41,44H,1,5,8,11,16,19-24,27H2/t36-,39-,41+/m0/s1. The molecule has 7 heteroatoms. The zero-order valence-electron chi connectivity index (χ0n) is 27.8. The number of carbonyl (C=O) groups is 2. The highest BCUT2D eigenvalue weighted by molar-refractivity contribution is 6.02. The molecule has 1 saturated carbocycles. The number of phenolic OH excluding ortho intramolecular Hbond substituents is 1. The van der Waals surface area contributed by atoms with Gasteiger partial charge in [-0.05, 0) is 102 Å². The smallest absolute Gasteiger partial charge is 0.255 e. The number of allylic oxidation sites excluding steroid dienone is 1. The molecular formula is C42H43NO6. The van der Waals surface area contributed by atoms with Gasteiger partial charge in [-0.2, -0.15) is 0 Å². The number of hydrogen-bond donors (Lipinski definition) is 1. The van der Waals surface area contributed by atoms with Crippen LogP contribution in [-0.2, 0) is 22.5 Å². The SMILES string of the molecule is C=C1CC[C@H](N2Cc3cc(OCCCOCCOc4ccc([C@H]5c6ccc(O)cc6CC[C@H]5c5ccccc5)cc4)ccc3C2=O)C(=O)C1. The van der Waals surface area contributed by atoms with Gasteiger partial charge in [0, 0.05) is 37.5 Å². The van der Waals surface area contributed by atoms with Crippen molar-refractivity contribution in [2.75, 3.05) is 26.4 Å². The number of carbonyl (C=O) groups excluding carboxylic acids is 2. The topological polar surface area (TPSA) is 85.3 Å². The average Bonchev–Trinajstić information content (AvgIpc) is 3.44. The molecule has 252 valence electrons. The monoisotopic (exact) mass is 657 g/mol. The van der Waals surface area contributed by atoms with Gasteiger partial charge in [0.25, 0.3) is 5.91 Å². The number of phenols is 1. The van der Waals surface area contributed by atoms with Crippen LogP contribution >= 0.6 is 0 Å². The summed E-state index contributed by atoms with van der Waals surface area (Å²) in [6, 6.07) is 30.1. The summed E-state index contributed by atoms with van der Waals surface area (Å²) in [6.45, 7) is 6.34. The summed E-state index contributed by atoms with van der Waals surface area (Å²) in [7, 11) is 0. The summed E-state index contributed by atoms with van der Waals surface area (Å²) in [5.41, 5.74) is 7.58. The first-order valence-corrected chi connectivity index (χ1v) is 17.4. The van der Waals surface area contributed by atoms with Crippen LogP contribution in [0.3, 0.4) is 0 Å². The predicted molar refractivity (Wildman–Crippen MR) is 188 cm³/mol. The second-order valence-electron chi connectivity index (χ2n) is 13.3. The van der Waals surface area contributed by atoms with E-state index in [1.54, 1.807) is 17.0 Å². The molecule has 7 rings (SSSR count). The minimum Gasteiger partial charge on any atom is -0.508 e. The molecule has 4 aromatic carbocycles. The average molecular weight is 658 g/mol. The number of benzene rings is 4. The zero-order valence-corrected chi connectivity index (χ0v) is 27.8. The highest BCUT2D eigenvalue weighted by Crippen LogP contribution is 2.47. The minimum atomic E-state index is -0.361. The molecule has 0 bridgehead atoms. The molecule has 1 aliphatic heterocycles. The van der Waals surface area contributed by atoms with E-state index >= 15 is 0 Å². The van der Waals surface area contributed by atoms with Crippen LogP contribution in [0.4, 0.5) is 0 Å². The summed E-state index contributed by atoms with van der Waals surface area (Å²) >= 11 is 0. The Morgan fingerprint density at radius 2 is 1.55 bits per heavy atom. The van der Waals surface area contributed by atoms with E-state index in [-0.39, 0.29) is 23.7 Å². The van der Waals surface area contributed by atoms with Gasteiger partial charge in [0.05, 0.1) is 19.3 Å². The summed E-state index contributed by atoms with van der Waals surface area (Å²) in [4.78, 5) is 27.2. The lowest BCUT2D eigenvalue weighted by Crippen LogP contribution is -2.43. The Kier molecular flexibility index (Phi) is 9.80. The third-order valence-electron chi connectivity index (χ3n) is 10.1. The normalized spacial score (nSPS) is 20.2. The largest absolute Gasteiger partial charge is 0.508 e. The molecule has 1 heterocycles. The van der Waals surface area contributed by atoms with Crippen molar-refractivity contribution in [3.05, 3.63) is 137 Å². The summed E-state index contributed by atoms with van der Waals surface area (Å²) in [5, 5.41) is 10.1.